The van der Waals surface area contributed by atoms with Gasteiger partial charge in [-0.3, -0.25) is 9.78 Å². The van der Waals surface area contributed by atoms with Crippen LogP contribution in [0.15, 0.2) is 73.1 Å². The molecule has 0 bridgehead atoms. The first kappa shape index (κ1) is 18.6. The lowest BCUT2D eigenvalue weighted by Crippen LogP contribution is -2.48. The Kier molecular flexibility index (Phi) is 5.76. The van der Waals surface area contributed by atoms with E-state index in [0.717, 1.165) is 30.2 Å². The van der Waals surface area contributed by atoms with Gasteiger partial charge in [-0.05, 0) is 35.9 Å². The Morgan fingerprint density at radius 3 is 2.34 bits per heavy atom. The molecule has 1 aromatic carbocycles. The number of pyridine rings is 1. The number of nitrogens with zero attached hydrogens (tertiary/aromatic N) is 5. The molecule has 1 amide bonds. The highest BCUT2D eigenvalue weighted by Crippen LogP contribution is 2.17. The van der Waals surface area contributed by atoms with Gasteiger partial charge in [0.15, 0.2) is 11.6 Å². The summed E-state index contributed by atoms with van der Waals surface area (Å²) >= 11 is 0. The van der Waals surface area contributed by atoms with E-state index in [4.69, 9.17) is 0 Å². The first-order valence-electron chi connectivity index (χ1n) is 9.56. The molecular weight excluding hydrogens is 364 g/mol. The number of carbonyl (C=O) groups excluding carboxylic acids is 1. The SMILES string of the molecule is O=C(/C=C/c1ccccc1)N1CCN(c2ccc(Nc3ccncc3)nn2)CC1. The quantitative estimate of drug-likeness (QED) is 0.680. The highest BCUT2D eigenvalue weighted by atomic mass is 16.2. The van der Waals surface area contributed by atoms with E-state index in [9.17, 15) is 4.79 Å². The molecule has 0 aliphatic carbocycles. The van der Waals surface area contributed by atoms with Gasteiger partial charge in [0.2, 0.25) is 5.91 Å². The average molecular weight is 386 g/mol. The van der Waals surface area contributed by atoms with Gasteiger partial charge in [0.25, 0.3) is 0 Å². The Balaban J connectivity index is 1.30. The highest BCUT2D eigenvalue weighted by Gasteiger charge is 2.20. The van der Waals surface area contributed by atoms with Crippen LogP contribution in [-0.4, -0.2) is 52.2 Å². The summed E-state index contributed by atoms with van der Waals surface area (Å²) in [5.74, 6) is 1.54. The van der Waals surface area contributed by atoms with Gasteiger partial charge in [-0.25, -0.2) is 0 Å². The number of hydrogen-bond donors (Lipinski definition) is 1. The highest BCUT2D eigenvalue weighted by molar-refractivity contribution is 5.91. The molecule has 1 N–H and O–H groups in total. The number of piperazine rings is 1. The monoisotopic (exact) mass is 386 g/mol. The van der Waals surface area contributed by atoms with Crippen LogP contribution in [-0.2, 0) is 4.79 Å². The third-order valence-corrected chi connectivity index (χ3v) is 4.74. The summed E-state index contributed by atoms with van der Waals surface area (Å²) < 4.78 is 0. The molecule has 2 aromatic heterocycles. The maximum Gasteiger partial charge on any atom is 0.246 e. The Bertz CT molecular complexity index is 952. The van der Waals surface area contributed by atoms with E-state index < -0.39 is 0 Å². The van der Waals surface area contributed by atoms with Crippen molar-refractivity contribution in [3.8, 4) is 0 Å². The van der Waals surface area contributed by atoms with Crippen molar-refractivity contribution in [2.75, 3.05) is 36.4 Å². The summed E-state index contributed by atoms with van der Waals surface area (Å²) in [5.41, 5.74) is 1.94. The molecule has 29 heavy (non-hydrogen) atoms. The molecule has 1 saturated heterocycles. The van der Waals surface area contributed by atoms with Crippen molar-refractivity contribution < 1.29 is 4.79 Å². The lowest BCUT2D eigenvalue weighted by molar-refractivity contribution is -0.126. The Hall–Kier alpha value is -3.74. The van der Waals surface area contributed by atoms with Crippen LogP contribution in [0.25, 0.3) is 6.08 Å². The fourth-order valence-corrected chi connectivity index (χ4v) is 3.14. The zero-order chi connectivity index (χ0) is 19.9. The largest absolute Gasteiger partial charge is 0.352 e. The first-order valence-corrected chi connectivity index (χ1v) is 9.56. The fourth-order valence-electron chi connectivity index (χ4n) is 3.14. The van der Waals surface area contributed by atoms with Crippen molar-refractivity contribution in [2.45, 2.75) is 0 Å². The molecule has 0 radical (unpaired) electrons. The van der Waals surface area contributed by atoms with Crippen LogP contribution in [0.5, 0.6) is 0 Å². The second kappa shape index (κ2) is 8.97. The summed E-state index contributed by atoms with van der Waals surface area (Å²) in [6, 6.07) is 17.4. The summed E-state index contributed by atoms with van der Waals surface area (Å²) in [7, 11) is 0. The molecule has 0 spiro atoms. The third kappa shape index (κ3) is 4.95. The van der Waals surface area contributed by atoms with Crippen LogP contribution in [0.4, 0.5) is 17.3 Å². The van der Waals surface area contributed by atoms with E-state index in [2.05, 4.69) is 25.4 Å². The normalized spacial score (nSPS) is 14.2. The maximum atomic E-state index is 12.4. The smallest absolute Gasteiger partial charge is 0.246 e. The van der Waals surface area contributed by atoms with Crippen LogP contribution in [0.1, 0.15) is 5.56 Å². The summed E-state index contributed by atoms with van der Waals surface area (Å²) in [6.07, 6.45) is 6.94. The van der Waals surface area contributed by atoms with Crippen molar-refractivity contribution in [1.29, 1.82) is 0 Å². The lowest BCUT2D eigenvalue weighted by Gasteiger charge is -2.34. The van der Waals surface area contributed by atoms with Crippen molar-refractivity contribution in [3.63, 3.8) is 0 Å². The van der Waals surface area contributed by atoms with Gasteiger partial charge in [-0.2, -0.15) is 0 Å². The Morgan fingerprint density at radius 1 is 0.897 bits per heavy atom. The van der Waals surface area contributed by atoms with E-state index in [-0.39, 0.29) is 5.91 Å². The minimum Gasteiger partial charge on any atom is -0.352 e. The predicted molar refractivity (Wildman–Crippen MR) is 114 cm³/mol. The van der Waals surface area contributed by atoms with Crippen molar-refractivity contribution in [1.82, 2.24) is 20.1 Å². The number of carbonyl (C=O) groups is 1. The minimum atomic E-state index is 0.0384. The van der Waals surface area contributed by atoms with Crippen LogP contribution in [0, 0.1) is 0 Å². The molecule has 0 atom stereocenters. The van der Waals surface area contributed by atoms with Crippen LogP contribution in [0.3, 0.4) is 0 Å². The molecule has 1 aliphatic rings. The van der Waals surface area contributed by atoms with Crippen molar-refractivity contribution in [2.24, 2.45) is 0 Å². The van der Waals surface area contributed by atoms with Crippen LogP contribution < -0.4 is 10.2 Å². The summed E-state index contributed by atoms with van der Waals surface area (Å²) in [4.78, 5) is 20.4. The van der Waals surface area contributed by atoms with Gasteiger partial charge in [0, 0.05) is 50.3 Å². The molecule has 1 fully saturated rings. The fraction of sp³-hybridized carbons (Fsp3) is 0.182. The number of hydrogen-bond acceptors (Lipinski definition) is 6. The number of amides is 1. The van der Waals surface area contributed by atoms with Gasteiger partial charge < -0.3 is 15.1 Å². The van der Waals surface area contributed by atoms with Gasteiger partial charge in [0.05, 0.1) is 0 Å². The number of benzene rings is 1. The predicted octanol–water partition coefficient (Wildman–Crippen LogP) is 2.98. The van der Waals surface area contributed by atoms with Gasteiger partial charge in [-0.1, -0.05) is 30.3 Å². The zero-order valence-corrected chi connectivity index (χ0v) is 16.0. The average Bonchev–Trinajstić information content (AvgIpc) is 2.79. The van der Waals surface area contributed by atoms with E-state index in [1.54, 1.807) is 18.5 Å². The molecular formula is C22H22N6O. The molecule has 1 aliphatic heterocycles. The van der Waals surface area contributed by atoms with Gasteiger partial charge >= 0.3 is 0 Å². The summed E-state index contributed by atoms with van der Waals surface area (Å²) in [5, 5.41) is 11.8. The van der Waals surface area contributed by atoms with E-state index in [1.807, 2.05) is 65.6 Å². The van der Waals surface area contributed by atoms with Gasteiger partial charge in [0.1, 0.15) is 0 Å². The molecule has 0 saturated carbocycles. The van der Waals surface area contributed by atoms with E-state index in [0.29, 0.717) is 18.9 Å². The number of anilines is 3. The molecule has 4 rings (SSSR count). The molecule has 7 heteroatoms. The molecule has 146 valence electrons. The van der Waals surface area contributed by atoms with Crippen LogP contribution in [0.2, 0.25) is 0 Å². The number of aromatic nitrogens is 3. The Labute approximate surface area is 169 Å². The second-order valence-corrected chi connectivity index (χ2v) is 6.69. The lowest BCUT2D eigenvalue weighted by atomic mass is 10.2. The first-order chi connectivity index (χ1) is 14.3. The second-order valence-electron chi connectivity index (χ2n) is 6.69. The molecule has 7 nitrogen and oxygen atoms in total. The number of rotatable bonds is 5. The maximum absolute atomic E-state index is 12.4. The summed E-state index contributed by atoms with van der Waals surface area (Å²) in [6.45, 7) is 2.79. The molecule has 3 heterocycles. The van der Waals surface area contributed by atoms with E-state index >= 15 is 0 Å². The number of nitrogens with one attached hydrogen (secondary N) is 1. The van der Waals surface area contributed by atoms with Crippen molar-refractivity contribution in [3.05, 3.63) is 78.6 Å². The van der Waals surface area contributed by atoms with Crippen LogP contribution >= 0.6 is 0 Å². The topological polar surface area (TPSA) is 74.2 Å². The minimum absolute atomic E-state index is 0.0384. The molecule has 3 aromatic rings. The zero-order valence-electron chi connectivity index (χ0n) is 16.0. The van der Waals surface area contributed by atoms with Crippen molar-refractivity contribution >= 4 is 29.3 Å². The standard InChI is InChI=1S/C22H22N6O/c29-22(9-6-18-4-2-1-3-5-18)28-16-14-27(15-17-28)21-8-7-20(25-26-21)24-19-10-12-23-13-11-19/h1-13H,14-17H2,(H,23,24,25)/b9-6+. The molecule has 0 unspecified atom stereocenters. The van der Waals surface area contributed by atoms with E-state index in [1.165, 1.54) is 0 Å². The Morgan fingerprint density at radius 2 is 1.66 bits per heavy atom. The van der Waals surface area contributed by atoms with Gasteiger partial charge in [-0.15, -0.1) is 10.2 Å². The third-order valence-electron chi connectivity index (χ3n) is 4.74.